The quantitative estimate of drug-likeness (QED) is 0.868. The number of piperidine rings is 1. The Hall–Kier alpha value is -2.38. The van der Waals surface area contributed by atoms with Crippen LogP contribution in [-0.2, 0) is 0 Å². The summed E-state index contributed by atoms with van der Waals surface area (Å²) in [5.41, 5.74) is 6.43. The molecule has 1 aliphatic heterocycles. The van der Waals surface area contributed by atoms with E-state index in [2.05, 4.69) is 34.2 Å². The van der Waals surface area contributed by atoms with E-state index in [1.807, 2.05) is 0 Å². The number of amides is 1. The number of nitrogen functional groups attached to an aromatic ring is 1. The van der Waals surface area contributed by atoms with E-state index in [1.165, 1.54) is 0 Å². The van der Waals surface area contributed by atoms with Crippen molar-refractivity contribution >= 4 is 11.9 Å². The lowest BCUT2D eigenvalue weighted by molar-refractivity contribution is 0.0662. The van der Waals surface area contributed by atoms with Crippen LogP contribution in [0, 0.1) is 0 Å². The summed E-state index contributed by atoms with van der Waals surface area (Å²) in [6, 6.07) is 1.79. The van der Waals surface area contributed by atoms with Gasteiger partial charge in [-0.2, -0.15) is 4.98 Å². The van der Waals surface area contributed by atoms with E-state index < -0.39 is 0 Å². The van der Waals surface area contributed by atoms with Crippen molar-refractivity contribution in [3.63, 3.8) is 0 Å². The average molecular weight is 332 g/mol. The number of nitrogens with two attached hydrogens (primary N) is 1. The number of carbonyl (C=O) groups is 1. The van der Waals surface area contributed by atoms with Gasteiger partial charge in [0, 0.05) is 31.0 Å². The number of likely N-dealkylation sites (tertiary alicyclic amines) is 1. The fourth-order valence-electron chi connectivity index (χ4n) is 3.30. The average Bonchev–Trinajstić information content (AvgIpc) is 3.25. The van der Waals surface area contributed by atoms with Crippen molar-refractivity contribution in [3.8, 4) is 0 Å². The molecule has 0 aliphatic carbocycles. The van der Waals surface area contributed by atoms with Crippen LogP contribution in [0.4, 0.5) is 5.95 Å². The lowest BCUT2D eigenvalue weighted by Crippen LogP contribution is -2.39. The number of aromatic nitrogens is 4. The Kier molecular flexibility index (Phi) is 4.82. The Balaban J connectivity index is 1.70. The summed E-state index contributed by atoms with van der Waals surface area (Å²) >= 11 is 0. The van der Waals surface area contributed by atoms with Crippen molar-refractivity contribution in [2.24, 2.45) is 0 Å². The molecule has 8 nitrogen and oxygen atoms in total. The van der Waals surface area contributed by atoms with Gasteiger partial charge in [0.25, 0.3) is 5.91 Å². The normalized spacial score (nSPS) is 18.3. The lowest BCUT2D eigenvalue weighted by Gasteiger charge is -2.30. The Morgan fingerprint density at radius 2 is 2.29 bits per heavy atom. The van der Waals surface area contributed by atoms with E-state index >= 15 is 0 Å². The van der Waals surface area contributed by atoms with Crippen LogP contribution in [0.2, 0.25) is 0 Å². The second-order valence-corrected chi connectivity index (χ2v) is 6.30. The largest absolute Gasteiger partial charge is 0.367 e. The predicted octanol–water partition coefficient (Wildman–Crippen LogP) is 2.30. The molecule has 8 heteroatoms. The maximum atomic E-state index is 12.7. The molecule has 1 unspecified atom stereocenters. The van der Waals surface area contributed by atoms with E-state index in [1.54, 1.807) is 11.0 Å². The molecule has 3 rings (SSSR count). The summed E-state index contributed by atoms with van der Waals surface area (Å²) in [6.07, 6.45) is 3.82. The molecule has 1 atom stereocenters. The smallest absolute Gasteiger partial charge is 0.292 e. The molecule has 0 aromatic carbocycles. The highest BCUT2D eigenvalue weighted by atomic mass is 16.5. The van der Waals surface area contributed by atoms with Crippen LogP contribution in [0.3, 0.4) is 0 Å². The van der Waals surface area contributed by atoms with Gasteiger partial charge in [0.15, 0.2) is 0 Å². The Morgan fingerprint density at radius 3 is 2.96 bits per heavy atom. The fourth-order valence-corrected chi connectivity index (χ4v) is 3.30. The van der Waals surface area contributed by atoms with Crippen LogP contribution in [0.5, 0.6) is 0 Å². The molecule has 0 spiro atoms. The van der Waals surface area contributed by atoms with Crippen molar-refractivity contribution in [3.05, 3.63) is 23.3 Å². The SMILES string of the molecule is CCC(CC)c1cc(C(=O)N2CCCC(c3nc(N)n[nH]3)C2)on1. The monoisotopic (exact) mass is 332 g/mol. The van der Waals surface area contributed by atoms with Crippen LogP contribution >= 0.6 is 0 Å². The van der Waals surface area contributed by atoms with Gasteiger partial charge in [-0.3, -0.25) is 9.89 Å². The number of H-pyrrole nitrogens is 1. The van der Waals surface area contributed by atoms with E-state index in [-0.39, 0.29) is 17.8 Å². The number of rotatable bonds is 5. The molecule has 0 radical (unpaired) electrons. The standard InChI is InChI=1S/C16H24N6O2/c1-3-10(4-2)12-8-13(24-21-12)15(23)22-7-5-6-11(9-22)14-18-16(17)20-19-14/h8,10-11H,3-7,9H2,1-2H3,(H3,17,18,19,20). The van der Waals surface area contributed by atoms with Crippen LogP contribution in [0.15, 0.2) is 10.6 Å². The van der Waals surface area contributed by atoms with Crippen molar-refractivity contribution in [1.82, 2.24) is 25.2 Å². The molecule has 3 heterocycles. The number of hydrogen-bond acceptors (Lipinski definition) is 6. The van der Waals surface area contributed by atoms with Crippen molar-refractivity contribution < 1.29 is 9.32 Å². The molecule has 3 N–H and O–H groups in total. The molecule has 1 aliphatic rings. The van der Waals surface area contributed by atoms with Crippen LogP contribution in [0.1, 0.15) is 73.4 Å². The summed E-state index contributed by atoms with van der Waals surface area (Å²) in [5, 5.41) is 10.8. The maximum absolute atomic E-state index is 12.7. The van der Waals surface area contributed by atoms with Gasteiger partial charge in [0.2, 0.25) is 11.7 Å². The molecule has 2 aromatic heterocycles. The first-order valence-electron chi connectivity index (χ1n) is 8.56. The minimum absolute atomic E-state index is 0.114. The second-order valence-electron chi connectivity index (χ2n) is 6.30. The highest BCUT2D eigenvalue weighted by Crippen LogP contribution is 2.27. The molecule has 1 fully saturated rings. The molecule has 130 valence electrons. The Bertz CT molecular complexity index is 690. The summed E-state index contributed by atoms with van der Waals surface area (Å²) < 4.78 is 5.31. The zero-order valence-corrected chi connectivity index (χ0v) is 14.2. The highest BCUT2D eigenvalue weighted by molar-refractivity contribution is 5.91. The van der Waals surface area contributed by atoms with Gasteiger partial charge < -0.3 is 15.2 Å². The minimum atomic E-state index is -0.114. The number of nitrogens with one attached hydrogen (secondary N) is 1. The first-order chi connectivity index (χ1) is 11.6. The number of hydrogen-bond donors (Lipinski definition) is 2. The summed E-state index contributed by atoms with van der Waals surface area (Å²) in [6.45, 7) is 5.51. The van der Waals surface area contributed by atoms with Crippen molar-refractivity contribution in [2.45, 2.75) is 51.4 Å². The zero-order chi connectivity index (χ0) is 17.1. The molecule has 1 saturated heterocycles. The number of carbonyl (C=O) groups excluding carboxylic acids is 1. The second kappa shape index (κ2) is 7.02. The number of anilines is 1. The maximum Gasteiger partial charge on any atom is 0.292 e. The summed E-state index contributed by atoms with van der Waals surface area (Å²) in [4.78, 5) is 18.7. The van der Waals surface area contributed by atoms with E-state index in [0.29, 0.717) is 24.8 Å². The molecule has 0 saturated carbocycles. The minimum Gasteiger partial charge on any atom is -0.367 e. The molecule has 24 heavy (non-hydrogen) atoms. The van der Waals surface area contributed by atoms with Crippen molar-refractivity contribution in [2.75, 3.05) is 18.8 Å². The Labute approximate surface area is 140 Å². The molecular formula is C16H24N6O2. The number of aromatic amines is 1. The van der Waals surface area contributed by atoms with Gasteiger partial charge in [0.05, 0.1) is 5.69 Å². The van der Waals surface area contributed by atoms with E-state index in [0.717, 1.165) is 37.2 Å². The van der Waals surface area contributed by atoms with Crippen molar-refractivity contribution in [1.29, 1.82) is 0 Å². The van der Waals surface area contributed by atoms with Gasteiger partial charge in [-0.05, 0) is 25.7 Å². The first kappa shape index (κ1) is 16.5. The molecule has 2 aromatic rings. The van der Waals surface area contributed by atoms with Gasteiger partial charge in [0.1, 0.15) is 5.82 Å². The lowest BCUT2D eigenvalue weighted by atomic mass is 9.97. The summed E-state index contributed by atoms with van der Waals surface area (Å²) in [5.74, 6) is 1.63. The molecule has 1 amide bonds. The third-order valence-electron chi connectivity index (χ3n) is 4.76. The number of nitrogens with zero attached hydrogens (tertiary/aromatic N) is 4. The third kappa shape index (κ3) is 3.27. The summed E-state index contributed by atoms with van der Waals surface area (Å²) in [7, 11) is 0. The molecule has 0 bridgehead atoms. The van der Waals surface area contributed by atoms with E-state index in [9.17, 15) is 4.79 Å². The highest BCUT2D eigenvalue weighted by Gasteiger charge is 2.29. The zero-order valence-electron chi connectivity index (χ0n) is 14.2. The first-order valence-corrected chi connectivity index (χ1v) is 8.56. The molecular weight excluding hydrogens is 308 g/mol. The van der Waals surface area contributed by atoms with Gasteiger partial charge in [-0.15, -0.1) is 5.10 Å². The van der Waals surface area contributed by atoms with Gasteiger partial charge >= 0.3 is 0 Å². The van der Waals surface area contributed by atoms with Crippen LogP contribution in [0.25, 0.3) is 0 Å². The predicted molar refractivity (Wildman–Crippen MR) is 88.5 cm³/mol. The van der Waals surface area contributed by atoms with E-state index in [4.69, 9.17) is 10.3 Å². The Morgan fingerprint density at radius 1 is 1.50 bits per heavy atom. The third-order valence-corrected chi connectivity index (χ3v) is 4.76. The van der Waals surface area contributed by atoms with Crippen LogP contribution in [-0.4, -0.2) is 44.2 Å². The van der Waals surface area contributed by atoms with Crippen LogP contribution < -0.4 is 5.73 Å². The topological polar surface area (TPSA) is 114 Å². The van der Waals surface area contributed by atoms with Gasteiger partial charge in [-0.25, -0.2) is 0 Å². The van der Waals surface area contributed by atoms with Gasteiger partial charge in [-0.1, -0.05) is 19.0 Å². The fraction of sp³-hybridized carbons (Fsp3) is 0.625.